The first kappa shape index (κ1) is 14.5. The van der Waals surface area contributed by atoms with Gasteiger partial charge < -0.3 is 9.94 Å². The van der Waals surface area contributed by atoms with Crippen LogP contribution < -0.4 is 0 Å². The number of carboxylic acids is 1. The smallest absolute Gasteiger partial charge is 0.358 e. The Labute approximate surface area is 123 Å². The van der Waals surface area contributed by atoms with Crippen LogP contribution in [0.1, 0.15) is 16.7 Å². The molecular weight excluding hydrogens is 266 g/mol. The maximum Gasteiger partial charge on any atom is 0.358 e. The second-order valence-corrected chi connectivity index (χ2v) is 4.26. The molecule has 21 heavy (non-hydrogen) atoms. The molecule has 0 amide bonds. The zero-order chi connectivity index (χ0) is 15.1. The summed E-state index contributed by atoms with van der Waals surface area (Å²) in [4.78, 5) is 15.9. The van der Waals surface area contributed by atoms with E-state index >= 15 is 0 Å². The lowest BCUT2D eigenvalue weighted by Gasteiger charge is -2.05. The number of hydrogen-bond donors (Lipinski definition) is 1. The van der Waals surface area contributed by atoms with Gasteiger partial charge in [0.2, 0.25) is 0 Å². The summed E-state index contributed by atoms with van der Waals surface area (Å²) in [5.74, 6) is -1.13. The topological polar surface area (TPSA) is 58.9 Å². The molecule has 1 N–H and O–H groups in total. The summed E-state index contributed by atoms with van der Waals surface area (Å²) in [6, 6.07) is 16.9. The fourth-order valence-corrected chi connectivity index (χ4v) is 1.90. The molecule has 0 unspecified atom stereocenters. The van der Waals surface area contributed by atoms with Crippen LogP contribution >= 0.6 is 0 Å². The Kier molecular flexibility index (Phi) is 4.88. The lowest BCUT2D eigenvalue weighted by Crippen LogP contribution is -2.16. The zero-order valence-electron chi connectivity index (χ0n) is 11.6. The minimum Gasteiger partial charge on any atom is -0.476 e. The molecule has 4 heteroatoms. The third-order valence-electron chi connectivity index (χ3n) is 2.86. The lowest BCUT2D eigenvalue weighted by atomic mass is 10.0. The molecule has 106 valence electrons. The van der Waals surface area contributed by atoms with Crippen molar-refractivity contribution in [1.29, 1.82) is 0 Å². The summed E-state index contributed by atoms with van der Waals surface area (Å²) >= 11 is 0. The first-order valence-corrected chi connectivity index (χ1v) is 6.39. The number of aliphatic carboxylic acids is 1. The van der Waals surface area contributed by atoms with Crippen molar-refractivity contribution in [1.82, 2.24) is 0 Å². The van der Waals surface area contributed by atoms with E-state index in [9.17, 15) is 9.90 Å². The summed E-state index contributed by atoms with van der Waals surface area (Å²) in [5.41, 5.74) is 2.19. The van der Waals surface area contributed by atoms with E-state index in [0.29, 0.717) is 5.56 Å². The first-order chi connectivity index (χ1) is 10.2. The van der Waals surface area contributed by atoms with Crippen molar-refractivity contribution < 1.29 is 14.7 Å². The highest BCUT2D eigenvalue weighted by Gasteiger charge is 2.15. The fraction of sp³-hybridized carbons (Fsp3) is 0.0588. The molecule has 4 nitrogen and oxygen atoms in total. The predicted octanol–water partition coefficient (Wildman–Crippen LogP) is 3.29. The number of carbonyl (C=O) groups is 1. The Morgan fingerprint density at radius 2 is 1.71 bits per heavy atom. The molecule has 0 heterocycles. The quantitative estimate of drug-likeness (QED) is 0.519. The Morgan fingerprint density at radius 3 is 2.38 bits per heavy atom. The van der Waals surface area contributed by atoms with E-state index in [1.165, 1.54) is 7.11 Å². The molecule has 0 bridgehead atoms. The van der Waals surface area contributed by atoms with Crippen LogP contribution in [0, 0.1) is 0 Å². The van der Waals surface area contributed by atoms with Gasteiger partial charge in [0.15, 0.2) is 5.71 Å². The van der Waals surface area contributed by atoms with Gasteiger partial charge in [-0.3, -0.25) is 0 Å². The minimum atomic E-state index is -1.13. The van der Waals surface area contributed by atoms with Gasteiger partial charge in [-0.05, 0) is 11.1 Å². The van der Waals surface area contributed by atoms with Gasteiger partial charge in [-0.2, -0.15) is 0 Å². The highest BCUT2D eigenvalue weighted by molar-refractivity contribution is 6.43. The number of oxime groups is 1. The van der Waals surface area contributed by atoms with Crippen molar-refractivity contribution in [3.8, 4) is 0 Å². The van der Waals surface area contributed by atoms with Crippen LogP contribution in [0.15, 0.2) is 59.8 Å². The van der Waals surface area contributed by atoms with Gasteiger partial charge in [-0.25, -0.2) is 4.79 Å². The molecule has 0 saturated carbocycles. The van der Waals surface area contributed by atoms with E-state index in [1.54, 1.807) is 12.1 Å². The second-order valence-electron chi connectivity index (χ2n) is 4.26. The number of hydrogen-bond acceptors (Lipinski definition) is 3. The van der Waals surface area contributed by atoms with Crippen molar-refractivity contribution in [3.63, 3.8) is 0 Å². The first-order valence-electron chi connectivity index (χ1n) is 6.39. The van der Waals surface area contributed by atoms with E-state index in [1.807, 2.05) is 54.6 Å². The largest absolute Gasteiger partial charge is 0.476 e. The van der Waals surface area contributed by atoms with Gasteiger partial charge in [0.25, 0.3) is 0 Å². The normalized spacial score (nSPS) is 11.6. The number of benzene rings is 2. The summed E-state index contributed by atoms with van der Waals surface area (Å²) < 4.78 is 0. The summed E-state index contributed by atoms with van der Waals surface area (Å²) in [6.45, 7) is 0. The summed E-state index contributed by atoms with van der Waals surface area (Å²) in [7, 11) is 1.32. The monoisotopic (exact) mass is 281 g/mol. The van der Waals surface area contributed by atoms with E-state index < -0.39 is 5.97 Å². The van der Waals surface area contributed by atoms with E-state index in [4.69, 9.17) is 0 Å². The van der Waals surface area contributed by atoms with Crippen molar-refractivity contribution in [3.05, 3.63) is 71.3 Å². The SMILES string of the molecule is CO/N=C(\C(=O)O)c1ccccc1/C=C/c1ccccc1. The molecule has 0 saturated heterocycles. The molecule has 0 aliphatic carbocycles. The molecule has 0 aromatic heterocycles. The maximum atomic E-state index is 11.3. The Hall–Kier alpha value is -2.88. The molecule has 0 aliphatic rings. The van der Waals surface area contributed by atoms with Crippen LogP contribution in [0.3, 0.4) is 0 Å². The van der Waals surface area contributed by atoms with E-state index in [0.717, 1.165) is 11.1 Å². The van der Waals surface area contributed by atoms with Gasteiger partial charge in [0, 0.05) is 5.56 Å². The molecule has 2 rings (SSSR count). The van der Waals surface area contributed by atoms with Gasteiger partial charge in [0.1, 0.15) is 7.11 Å². The van der Waals surface area contributed by atoms with Crippen LogP contribution in [0.2, 0.25) is 0 Å². The second kappa shape index (κ2) is 7.05. The summed E-state index contributed by atoms with van der Waals surface area (Å²) in [6.07, 6.45) is 3.78. The Bertz CT molecular complexity index is 675. The van der Waals surface area contributed by atoms with Gasteiger partial charge in [-0.15, -0.1) is 0 Å². The fourth-order valence-electron chi connectivity index (χ4n) is 1.90. The van der Waals surface area contributed by atoms with Gasteiger partial charge >= 0.3 is 5.97 Å². The Balaban J connectivity index is 2.39. The predicted molar refractivity (Wildman–Crippen MR) is 83.0 cm³/mol. The molecule has 0 fully saturated rings. The molecule has 0 aliphatic heterocycles. The van der Waals surface area contributed by atoms with Crippen LogP contribution in [-0.4, -0.2) is 23.9 Å². The average molecular weight is 281 g/mol. The molecule has 0 spiro atoms. The summed E-state index contributed by atoms with van der Waals surface area (Å²) in [5, 5.41) is 12.8. The van der Waals surface area contributed by atoms with Crippen molar-refractivity contribution in [2.75, 3.05) is 7.11 Å². The molecule has 0 radical (unpaired) electrons. The third-order valence-corrected chi connectivity index (χ3v) is 2.86. The van der Waals surface area contributed by atoms with Crippen molar-refractivity contribution in [2.24, 2.45) is 5.16 Å². The highest BCUT2D eigenvalue weighted by Crippen LogP contribution is 2.15. The zero-order valence-corrected chi connectivity index (χ0v) is 11.6. The number of nitrogens with zero attached hydrogens (tertiary/aromatic N) is 1. The van der Waals surface area contributed by atoms with Crippen molar-refractivity contribution >= 4 is 23.8 Å². The third kappa shape index (κ3) is 3.79. The molecule has 2 aromatic rings. The van der Waals surface area contributed by atoms with E-state index in [-0.39, 0.29) is 5.71 Å². The van der Waals surface area contributed by atoms with Gasteiger partial charge in [-0.1, -0.05) is 71.9 Å². The number of carboxylic acid groups (broad SMARTS) is 1. The van der Waals surface area contributed by atoms with Crippen LogP contribution in [0.25, 0.3) is 12.2 Å². The van der Waals surface area contributed by atoms with Crippen LogP contribution in [-0.2, 0) is 9.63 Å². The standard InChI is InChI=1S/C17H15NO3/c1-21-18-16(17(19)20)15-10-6-5-9-14(15)12-11-13-7-3-2-4-8-13/h2-12H,1H3,(H,19,20)/b12-11+,18-16-. The molecule has 2 aromatic carbocycles. The highest BCUT2D eigenvalue weighted by atomic mass is 16.6. The number of rotatable bonds is 5. The molecular formula is C17H15NO3. The molecule has 0 atom stereocenters. The maximum absolute atomic E-state index is 11.3. The van der Waals surface area contributed by atoms with Crippen LogP contribution in [0.4, 0.5) is 0 Å². The van der Waals surface area contributed by atoms with E-state index in [2.05, 4.69) is 9.99 Å². The van der Waals surface area contributed by atoms with Gasteiger partial charge in [0.05, 0.1) is 0 Å². The minimum absolute atomic E-state index is 0.120. The average Bonchev–Trinajstić information content (AvgIpc) is 2.52. The van der Waals surface area contributed by atoms with Crippen LogP contribution in [0.5, 0.6) is 0 Å². The van der Waals surface area contributed by atoms with Crippen molar-refractivity contribution in [2.45, 2.75) is 0 Å². The Morgan fingerprint density at radius 1 is 1.05 bits per heavy atom. The lowest BCUT2D eigenvalue weighted by molar-refractivity contribution is -0.129.